The molecule has 3 fully saturated rings. The lowest BCUT2D eigenvalue weighted by atomic mass is 9.98. The molecule has 1 N–H and O–H groups in total. The highest BCUT2D eigenvalue weighted by Crippen LogP contribution is 2.35. The number of benzene rings is 1. The normalized spacial score (nSPS) is 20.6. The first-order chi connectivity index (χ1) is 19.2. The van der Waals surface area contributed by atoms with Crippen molar-refractivity contribution in [2.45, 2.75) is 31.7 Å². The number of piperazine rings is 1. The van der Waals surface area contributed by atoms with Crippen molar-refractivity contribution in [3.63, 3.8) is 0 Å². The molecule has 40 heavy (non-hydrogen) atoms. The second kappa shape index (κ2) is 10.7. The third-order valence-corrected chi connectivity index (χ3v) is 8.86. The topological polar surface area (TPSA) is 106 Å². The summed E-state index contributed by atoms with van der Waals surface area (Å²) in [6.07, 6.45) is 4.81. The second-order valence-corrected chi connectivity index (χ2v) is 13.2. The van der Waals surface area contributed by atoms with Crippen molar-refractivity contribution >= 4 is 50.5 Å². The molecule has 2 aromatic heterocycles. The summed E-state index contributed by atoms with van der Waals surface area (Å²) < 4.78 is 28.4. The number of amides is 1. The maximum absolute atomic E-state index is 14.0. The fraction of sp³-hybridized carbons (Fsp3) is 0.519. The number of halogens is 1. The molecule has 1 amide bonds. The fourth-order valence-corrected chi connectivity index (χ4v) is 6.46. The zero-order valence-electron chi connectivity index (χ0n) is 22.9. The third-order valence-electron chi connectivity index (χ3n) is 8.03. The number of carbonyl (C=O) groups excluding carboxylic acids is 1. The molecule has 3 aromatic rings. The van der Waals surface area contributed by atoms with Crippen molar-refractivity contribution in [1.82, 2.24) is 24.4 Å². The Labute approximate surface area is 239 Å². The molecule has 3 aliphatic rings. The maximum Gasteiger partial charge on any atom is 0.256 e. The van der Waals surface area contributed by atoms with E-state index < -0.39 is 10.0 Å². The molecule has 3 aliphatic heterocycles. The predicted octanol–water partition coefficient (Wildman–Crippen LogP) is 3.08. The van der Waals surface area contributed by atoms with Crippen LogP contribution in [0.2, 0.25) is 5.02 Å². The average molecular weight is 587 g/mol. The van der Waals surface area contributed by atoms with Crippen molar-refractivity contribution in [3.05, 3.63) is 46.6 Å². The SMILES string of the molecule is CN1CCN(c2cc(N3CCC3)nc3cc(C4CCCCN4C(=O)c4cc(Cl)ccc4NS(C)(=O)=O)nn23)CC1. The number of likely N-dealkylation sites (tertiary alicyclic amines) is 1. The van der Waals surface area contributed by atoms with Gasteiger partial charge in [0.1, 0.15) is 11.6 Å². The first-order valence-corrected chi connectivity index (χ1v) is 16.1. The maximum atomic E-state index is 14.0. The number of nitrogens with zero attached hydrogens (tertiary/aromatic N) is 7. The van der Waals surface area contributed by atoms with Crippen molar-refractivity contribution in [2.75, 3.05) is 73.6 Å². The molecule has 0 aliphatic carbocycles. The number of hydrogen-bond acceptors (Lipinski definition) is 8. The summed E-state index contributed by atoms with van der Waals surface area (Å²) in [6.45, 7) is 6.31. The number of fused-ring (bicyclic) bond motifs is 1. The summed E-state index contributed by atoms with van der Waals surface area (Å²) in [5, 5.41) is 5.41. The van der Waals surface area contributed by atoms with Crippen LogP contribution in [0.5, 0.6) is 0 Å². The van der Waals surface area contributed by atoms with Crippen LogP contribution >= 0.6 is 11.6 Å². The van der Waals surface area contributed by atoms with Gasteiger partial charge in [-0.15, -0.1) is 0 Å². The van der Waals surface area contributed by atoms with Gasteiger partial charge < -0.3 is 19.6 Å². The van der Waals surface area contributed by atoms with Gasteiger partial charge in [0.05, 0.1) is 29.2 Å². The van der Waals surface area contributed by atoms with E-state index in [-0.39, 0.29) is 23.2 Å². The Hall–Kier alpha value is -3.09. The van der Waals surface area contributed by atoms with Gasteiger partial charge in [-0.3, -0.25) is 9.52 Å². The van der Waals surface area contributed by atoms with Crippen molar-refractivity contribution in [2.24, 2.45) is 0 Å². The fourth-order valence-electron chi connectivity index (χ4n) is 5.71. The zero-order chi connectivity index (χ0) is 28.0. The van der Waals surface area contributed by atoms with E-state index >= 15 is 0 Å². The highest BCUT2D eigenvalue weighted by Gasteiger charge is 2.33. The number of rotatable bonds is 6. The molecule has 6 rings (SSSR count). The number of aromatic nitrogens is 3. The Morgan fingerprint density at radius 2 is 1.75 bits per heavy atom. The van der Waals surface area contributed by atoms with Crippen LogP contribution < -0.4 is 14.5 Å². The van der Waals surface area contributed by atoms with E-state index in [0.29, 0.717) is 11.6 Å². The van der Waals surface area contributed by atoms with Crippen LogP contribution in [0, 0.1) is 0 Å². The highest BCUT2D eigenvalue weighted by atomic mass is 35.5. The van der Waals surface area contributed by atoms with Gasteiger partial charge in [-0.1, -0.05) is 11.6 Å². The smallest absolute Gasteiger partial charge is 0.256 e. The van der Waals surface area contributed by atoms with Crippen molar-refractivity contribution < 1.29 is 13.2 Å². The molecule has 0 saturated carbocycles. The summed E-state index contributed by atoms with van der Waals surface area (Å²) in [4.78, 5) is 27.7. The summed E-state index contributed by atoms with van der Waals surface area (Å²) in [6, 6.07) is 8.52. The molecule has 214 valence electrons. The molecule has 1 unspecified atom stereocenters. The van der Waals surface area contributed by atoms with Crippen LogP contribution in [0.1, 0.15) is 47.8 Å². The van der Waals surface area contributed by atoms with Crippen LogP contribution in [-0.4, -0.2) is 97.8 Å². The molecular weight excluding hydrogens is 552 g/mol. The molecule has 13 heteroatoms. The van der Waals surface area contributed by atoms with E-state index in [0.717, 1.165) is 87.8 Å². The van der Waals surface area contributed by atoms with E-state index in [9.17, 15) is 13.2 Å². The molecule has 1 atom stereocenters. The largest absolute Gasteiger partial charge is 0.356 e. The molecular formula is C27H35ClN8O3S. The Balaban J connectivity index is 1.38. The van der Waals surface area contributed by atoms with Crippen LogP contribution in [-0.2, 0) is 10.0 Å². The van der Waals surface area contributed by atoms with Gasteiger partial charge >= 0.3 is 0 Å². The summed E-state index contributed by atoms with van der Waals surface area (Å²) in [5.74, 6) is 1.71. The summed E-state index contributed by atoms with van der Waals surface area (Å²) >= 11 is 6.25. The Kier molecular flexibility index (Phi) is 7.26. The molecule has 11 nitrogen and oxygen atoms in total. The van der Waals surface area contributed by atoms with Gasteiger partial charge in [0.15, 0.2) is 5.65 Å². The lowest BCUT2D eigenvalue weighted by Gasteiger charge is -2.36. The summed E-state index contributed by atoms with van der Waals surface area (Å²) in [5.41, 5.74) is 2.00. The van der Waals surface area contributed by atoms with Crippen LogP contribution in [0.3, 0.4) is 0 Å². The third kappa shape index (κ3) is 5.44. The average Bonchev–Trinajstić information content (AvgIpc) is 3.32. The number of anilines is 3. The minimum Gasteiger partial charge on any atom is -0.356 e. The van der Waals surface area contributed by atoms with Crippen molar-refractivity contribution in [3.8, 4) is 0 Å². The summed E-state index contributed by atoms with van der Waals surface area (Å²) in [7, 11) is -1.45. The van der Waals surface area contributed by atoms with Gasteiger partial charge in [-0.25, -0.2) is 13.4 Å². The lowest BCUT2D eigenvalue weighted by molar-refractivity contribution is 0.0607. The predicted molar refractivity (Wildman–Crippen MR) is 157 cm³/mol. The molecule has 5 heterocycles. The Morgan fingerprint density at radius 1 is 0.975 bits per heavy atom. The number of sulfonamides is 1. The van der Waals surface area contributed by atoms with Gasteiger partial charge in [-0.2, -0.15) is 9.61 Å². The standard InChI is InChI=1S/C27H35ClN8O3S/c1-32-12-14-34(15-13-32)26-18-24(33-9-5-10-33)29-25-17-22(30-36(25)26)23-6-3-4-11-35(23)27(37)20-16-19(28)7-8-21(20)31-40(2,38)39/h7-8,16-18,23,31H,3-6,9-15H2,1-2H3. The molecule has 0 bridgehead atoms. The van der Waals surface area contributed by atoms with E-state index in [4.69, 9.17) is 21.7 Å². The Morgan fingerprint density at radius 3 is 2.45 bits per heavy atom. The minimum absolute atomic E-state index is 0.217. The van der Waals surface area contributed by atoms with Gasteiger partial charge in [0.2, 0.25) is 10.0 Å². The first kappa shape index (κ1) is 27.1. The lowest BCUT2D eigenvalue weighted by Crippen LogP contribution is -2.45. The van der Waals surface area contributed by atoms with Gasteiger partial charge in [0, 0.05) is 63.0 Å². The Bertz CT molecular complexity index is 1530. The van der Waals surface area contributed by atoms with E-state index in [1.54, 1.807) is 11.0 Å². The minimum atomic E-state index is -3.59. The van der Waals surface area contributed by atoms with Crippen molar-refractivity contribution in [1.29, 1.82) is 0 Å². The first-order valence-electron chi connectivity index (χ1n) is 13.8. The molecule has 3 saturated heterocycles. The highest BCUT2D eigenvalue weighted by molar-refractivity contribution is 7.92. The number of carbonyl (C=O) groups is 1. The van der Waals surface area contributed by atoms with E-state index in [1.807, 2.05) is 10.6 Å². The zero-order valence-corrected chi connectivity index (χ0v) is 24.5. The van der Waals surface area contributed by atoms with Crippen LogP contribution in [0.4, 0.5) is 17.3 Å². The monoisotopic (exact) mass is 586 g/mol. The quantitative estimate of drug-likeness (QED) is 0.470. The number of likely N-dealkylation sites (N-methyl/N-ethyl adjacent to an activating group) is 1. The number of nitrogens with one attached hydrogen (secondary N) is 1. The van der Waals surface area contributed by atoms with Gasteiger partial charge in [-0.05, 0) is 50.9 Å². The van der Waals surface area contributed by atoms with E-state index in [1.165, 1.54) is 18.6 Å². The molecule has 0 spiro atoms. The van der Waals surface area contributed by atoms with Gasteiger partial charge in [0.25, 0.3) is 5.91 Å². The molecule has 0 radical (unpaired) electrons. The van der Waals surface area contributed by atoms with Crippen LogP contribution in [0.15, 0.2) is 30.3 Å². The van der Waals surface area contributed by atoms with Crippen LogP contribution in [0.25, 0.3) is 5.65 Å². The number of hydrogen-bond donors (Lipinski definition) is 1. The second-order valence-electron chi connectivity index (χ2n) is 11.0. The molecule has 1 aromatic carbocycles. The number of piperidine rings is 1. The van der Waals surface area contributed by atoms with E-state index in [2.05, 4.69) is 32.5 Å².